The van der Waals surface area contributed by atoms with Crippen LogP contribution in [0.2, 0.25) is 5.02 Å². The van der Waals surface area contributed by atoms with E-state index in [0.29, 0.717) is 54.4 Å². The molecule has 1 aliphatic rings. The van der Waals surface area contributed by atoms with Crippen molar-refractivity contribution in [2.75, 3.05) is 24.5 Å². The summed E-state index contributed by atoms with van der Waals surface area (Å²) >= 11 is 6.71. The van der Waals surface area contributed by atoms with E-state index in [1.165, 1.54) is 16.7 Å². The smallest absolute Gasteiger partial charge is 0.356 e. The van der Waals surface area contributed by atoms with E-state index in [9.17, 15) is 14.0 Å². The van der Waals surface area contributed by atoms with Crippen molar-refractivity contribution in [1.82, 2.24) is 24.6 Å². The van der Waals surface area contributed by atoms with Gasteiger partial charge < -0.3 is 14.3 Å². The van der Waals surface area contributed by atoms with E-state index in [1.54, 1.807) is 36.1 Å². The Bertz CT molecular complexity index is 1650. The maximum absolute atomic E-state index is 14.8. The number of hydrogen-bond donors (Lipinski definition) is 0. The molecule has 0 aliphatic carbocycles. The van der Waals surface area contributed by atoms with Crippen LogP contribution >= 0.6 is 11.6 Å². The molecule has 0 spiro atoms. The van der Waals surface area contributed by atoms with Crippen molar-refractivity contribution < 1.29 is 13.7 Å². The number of aryl methyl sites for hydroxylation is 2. The highest BCUT2D eigenvalue weighted by Gasteiger charge is 2.30. The number of anilines is 1. The highest BCUT2D eigenvalue weighted by Crippen LogP contribution is 2.35. The summed E-state index contributed by atoms with van der Waals surface area (Å²) in [5.74, 6) is 0.284. The molecular formula is C28H28ClFN6O3. The van der Waals surface area contributed by atoms with Gasteiger partial charge in [-0.15, -0.1) is 0 Å². The molecule has 1 fully saturated rings. The van der Waals surface area contributed by atoms with Crippen LogP contribution in [0, 0.1) is 12.7 Å². The van der Waals surface area contributed by atoms with Crippen LogP contribution in [0.25, 0.3) is 28.0 Å². The van der Waals surface area contributed by atoms with E-state index in [4.69, 9.17) is 21.1 Å². The first-order valence-electron chi connectivity index (χ1n) is 12.8. The fraction of sp³-hybridized carbons (Fsp3) is 0.321. The van der Waals surface area contributed by atoms with Gasteiger partial charge >= 0.3 is 5.69 Å². The molecule has 11 heteroatoms. The Morgan fingerprint density at radius 3 is 2.74 bits per heavy atom. The zero-order chi connectivity index (χ0) is 27.8. The number of pyridine rings is 1. The number of nitrogens with zero attached hydrogens (tertiary/aromatic N) is 6. The molecule has 1 atom stereocenters. The molecule has 0 N–H and O–H groups in total. The predicted octanol–water partition coefficient (Wildman–Crippen LogP) is 4.71. The summed E-state index contributed by atoms with van der Waals surface area (Å²) in [5.41, 5.74) is 1.07. The average molecular weight is 551 g/mol. The highest BCUT2D eigenvalue weighted by atomic mass is 35.5. The van der Waals surface area contributed by atoms with Gasteiger partial charge in [0.25, 0.3) is 0 Å². The summed E-state index contributed by atoms with van der Waals surface area (Å²) in [7, 11) is 0. The molecule has 0 unspecified atom stereocenters. The number of halogens is 2. The van der Waals surface area contributed by atoms with E-state index in [1.807, 2.05) is 18.7 Å². The van der Waals surface area contributed by atoms with E-state index in [0.717, 1.165) is 6.42 Å². The molecule has 202 valence electrons. The van der Waals surface area contributed by atoms with Crippen molar-refractivity contribution in [3.8, 4) is 16.9 Å². The SMILES string of the molecule is C=CC(=O)N1CCN(c2nc(=O)n(-c3c(C)noc3CCC)c3nc(-c4ccccc4F)c(Cl)cc23)[C@@H](C)C1. The third-order valence-electron chi connectivity index (χ3n) is 6.92. The number of rotatable bonds is 6. The summed E-state index contributed by atoms with van der Waals surface area (Å²) in [6.45, 7) is 10.6. The lowest BCUT2D eigenvalue weighted by atomic mass is 10.1. The lowest BCUT2D eigenvalue weighted by Crippen LogP contribution is -2.54. The Morgan fingerprint density at radius 1 is 1.28 bits per heavy atom. The predicted molar refractivity (Wildman–Crippen MR) is 148 cm³/mol. The summed E-state index contributed by atoms with van der Waals surface area (Å²) in [6.07, 6.45) is 2.61. The molecule has 1 aromatic carbocycles. The van der Waals surface area contributed by atoms with Crippen molar-refractivity contribution in [3.05, 3.63) is 75.8 Å². The first-order valence-corrected chi connectivity index (χ1v) is 13.1. The van der Waals surface area contributed by atoms with E-state index < -0.39 is 11.5 Å². The molecule has 5 rings (SSSR count). The summed E-state index contributed by atoms with van der Waals surface area (Å²) in [5, 5.41) is 4.82. The van der Waals surface area contributed by atoms with Crippen LogP contribution in [-0.4, -0.2) is 56.2 Å². The topological polar surface area (TPSA) is 97.4 Å². The Kier molecular flexibility index (Phi) is 7.22. The van der Waals surface area contributed by atoms with Crippen molar-refractivity contribution in [2.24, 2.45) is 0 Å². The second kappa shape index (κ2) is 10.6. The second-order valence-electron chi connectivity index (χ2n) is 9.54. The van der Waals surface area contributed by atoms with Gasteiger partial charge in [-0.3, -0.25) is 4.79 Å². The van der Waals surface area contributed by atoms with E-state index in [2.05, 4.69) is 16.7 Å². The maximum Gasteiger partial charge on any atom is 0.356 e. The molecule has 9 nitrogen and oxygen atoms in total. The zero-order valence-electron chi connectivity index (χ0n) is 21.9. The number of carbonyl (C=O) groups is 1. The molecule has 4 aromatic rings. The number of fused-ring (bicyclic) bond motifs is 1. The molecule has 1 saturated heterocycles. The van der Waals surface area contributed by atoms with Crippen LogP contribution in [0.4, 0.5) is 10.2 Å². The van der Waals surface area contributed by atoms with Gasteiger partial charge in [-0.05, 0) is 44.5 Å². The fourth-order valence-electron chi connectivity index (χ4n) is 5.06. The minimum atomic E-state index is -0.577. The van der Waals surface area contributed by atoms with Gasteiger partial charge in [0, 0.05) is 37.7 Å². The summed E-state index contributed by atoms with van der Waals surface area (Å²) in [4.78, 5) is 38.9. The van der Waals surface area contributed by atoms with Crippen molar-refractivity contribution >= 4 is 34.4 Å². The Hall–Kier alpha value is -4.05. The first-order chi connectivity index (χ1) is 18.7. The molecule has 3 aromatic heterocycles. The van der Waals surface area contributed by atoms with Gasteiger partial charge in [-0.2, -0.15) is 4.98 Å². The number of benzene rings is 1. The molecule has 1 amide bonds. The van der Waals surface area contributed by atoms with Crippen LogP contribution in [0.5, 0.6) is 0 Å². The van der Waals surface area contributed by atoms with Crippen LogP contribution in [0.15, 0.2) is 52.3 Å². The van der Waals surface area contributed by atoms with Crippen LogP contribution < -0.4 is 10.6 Å². The fourth-order valence-corrected chi connectivity index (χ4v) is 5.31. The maximum atomic E-state index is 14.8. The van der Waals surface area contributed by atoms with Crippen LogP contribution in [0.1, 0.15) is 31.7 Å². The van der Waals surface area contributed by atoms with Gasteiger partial charge in [0.15, 0.2) is 11.4 Å². The third-order valence-corrected chi connectivity index (χ3v) is 7.20. The summed E-state index contributed by atoms with van der Waals surface area (Å²) in [6, 6.07) is 7.71. The van der Waals surface area contributed by atoms with Gasteiger partial charge in [0.1, 0.15) is 23.0 Å². The monoisotopic (exact) mass is 550 g/mol. The summed E-state index contributed by atoms with van der Waals surface area (Å²) < 4.78 is 21.8. The molecule has 39 heavy (non-hydrogen) atoms. The number of hydrogen-bond acceptors (Lipinski definition) is 7. The third kappa shape index (κ3) is 4.69. The molecule has 0 radical (unpaired) electrons. The Morgan fingerprint density at radius 2 is 2.05 bits per heavy atom. The standard InChI is InChI=1S/C28H28ClFN6O3/c1-5-9-22-25(17(4)33-39-22)36-27-19(14-20(29)24(31-27)18-10-7-8-11-21(18)30)26(32-28(36)38)35-13-12-34(15-16(35)3)23(37)6-2/h6-8,10-11,14,16H,2,5,9,12-13,15H2,1,3-4H3/t16-/m0/s1. The quantitative estimate of drug-likeness (QED) is 0.321. The molecular weight excluding hydrogens is 523 g/mol. The Balaban J connectivity index is 1.78. The second-order valence-corrected chi connectivity index (χ2v) is 9.95. The zero-order valence-corrected chi connectivity index (χ0v) is 22.7. The van der Waals surface area contributed by atoms with Crippen LogP contribution in [0.3, 0.4) is 0 Å². The van der Waals surface area contributed by atoms with Crippen molar-refractivity contribution in [3.63, 3.8) is 0 Å². The lowest BCUT2D eigenvalue weighted by Gasteiger charge is -2.40. The number of piperazine rings is 1. The van der Waals surface area contributed by atoms with Gasteiger partial charge in [-0.25, -0.2) is 18.7 Å². The van der Waals surface area contributed by atoms with Gasteiger partial charge in [-0.1, -0.05) is 42.4 Å². The lowest BCUT2D eigenvalue weighted by molar-refractivity contribution is -0.126. The number of amides is 1. The van der Waals surface area contributed by atoms with E-state index >= 15 is 0 Å². The first kappa shape index (κ1) is 26.6. The molecule has 1 aliphatic heterocycles. The minimum absolute atomic E-state index is 0.152. The van der Waals surface area contributed by atoms with Crippen molar-refractivity contribution in [1.29, 1.82) is 0 Å². The van der Waals surface area contributed by atoms with Gasteiger partial charge in [0.05, 0.1) is 16.1 Å². The number of carbonyl (C=O) groups excluding carboxylic acids is 1. The molecule has 0 bridgehead atoms. The highest BCUT2D eigenvalue weighted by molar-refractivity contribution is 6.33. The average Bonchev–Trinajstić information content (AvgIpc) is 3.27. The van der Waals surface area contributed by atoms with Crippen molar-refractivity contribution in [2.45, 2.75) is 39.7 Å². The van der Waals surface area contributed by atoms with Gasteiger partial charge in [0.2, 0.25) is 5.91 Å². The van der Waals surface area contributed by atoms with E-state index in [-0.39, 0.29) is 33.9 Å². The molecule has 4 heterocycles. The largest absolute Gasteiger partial charge is 0.359 e. The minimum Gasteiger partial charge on any atom is -0.359 e. The van der Waals surface area contributed by atoms with Crippen LogP contribution in [-0.2, 0) is 11.2 Å². The Labute approximate surface area is 229 Å². The normalized spacial score (nSPS) is 15.7. The molecule has 0 saturated carbocycles. The number of aromatic nitrogens is 4.